The summed E-state index contributed by atoms with van der Waals surface area (Å²) in [6, 6.07) is 0.398. The number of carbonyl (C=O) groups is 1. The van der Waals surface area contributed by atoms with E-state index in [2.05, 4.69) is 51.2 Å². The van der Waals surface area contributed by atoms with E-state index in [1.54, 1.807) is 11.9 Å². The number of fused-ring (bicyclic) bond motifs is 5. The number of hydrogen-bond acceptors (Lipinski definition) is 5. The first-order chi connectivity index (χ1) is 16.1. The molecule has 0 radical (unpaired) electrons. The lowest BCUT2D eigenvalue weighted by atomic mass is 9.46. The minimum absolute atomic E-state index is 0.236. The van der Waals surface area contributed by atoms with E-state index >= 15 is 0 Å². The number of hydrogen-bond donors (Lipinski definition) is 2. The summed E-state index contributed by atoms with van der Waals surface area (Å²) in [6.07, 6.45) is 10.9. The van der Waals surface area contributed by atoms with Gasteiger partial charge in [-0.1, -0.05) is 44.5 Å². The van der Waals surface area contributed by atoms with E-state index < -0.39 is 0 Å². The molecule has 34 heavy (non-hydrogen) atoms. The van der Waals surface area contributed by atoms with Gasteiger partial charge in [-0.3, -0.25) is 4.84 Å². The van der Waals surface area contributed by atoms with Crippen molar-refractivity contribution in [3.63, 3.8) is 0 Å². The molecule has 0 aromatic heterocycles. The van der Waals surface area contributed by atoms with Gasteiger partial charge >= 0.3 is 6.09 Å². The zero-order valence-corrected chi connectivity index (χ0v) is 22.3. The third kappa shape index (κ3) is 4.69. The molecule has 0 spiro atoms. The van der Waals surface area contributed by atoms with Crippen LogP contribution in [0, 0.1) is 34.5 Å². The van der Waals surface area contributed by atoms with Crippen LogP contribution >= 0.6 is 0 Å². The lowest BCUT2D eigenvalue weighted by molar-refractivity contribution is -0.0479. The van der Waals surface area contributed by atoms with Crippen molar-refractivity contribution >= 4 is 11.8 Å². The van der Waals surface area contributed by atoms with Crippen LogP contribution in [0.15, 0.2) is 16.8 Å². The lowest BCUT2D eigenvalue weighted by Crippen LogP contribution is -2.51. The quantitative estimate of drug-likeness (QED) is 0.235. The highest BCUT2D eigenvalue weighted by Crippen LogP contribution is 2.66. The van der Waals surface area contributed by atoms with Crippen molar-refractivity contribution in [2.45, 2.75) is 98.1 Å². The van der Waals surface area contributed by atoms with Crippen LogP contribution in [0.25, 0.3) is 0 Å². The molecule has 0 aromatic rings. The molecule has 0 saturated heterocycles. The highest BCUT2D eigenvalue weighted by molar-refractivity contribution is 5.85. The largest absolute Gasteiger partial charge is 0.435 e. The number of nitrogens with one attached hydrogen (secondary N) is 1. The minimum atomic E-state index is -0.382. The molecule has 3 fully saturated rings. The fourth-order valence-corrected chi connectivity index (χ4v) is 8.25. The summed E-state index contributed by atoms with van der Waals surface area (Å²) < 4.78 is 0. The molecule has 4 rings (SSSR count). The molecule has 0 unspecified atom stereocenters. The zero-order valence-electron chi connectivity index (χ0n) is 22.3. The molecule has 0 heterocycles. The predicted octanol–water partition coefficient (Wildman–Crippen LogP) is 5.37. The Morgan fingerprint density at radius 2 is 1.97 bits per heavy atom. The van der Waals surface area contributed by atoms with Crippen LogP contribution in [0.3, 0.4) is 0 Å². The number of rotatable bonds is 6. The van der Waals surface area contributed by atoms with Gasteiger partial charge in [-0.25, -0.2) is 4.79 Å². The molecule has 2 N–H and O–H groups in total. The predicted molar refractivity (Wildman–Crippen MR) is 137 cm³/mol. The number of aliphatic hydroxyl groups excluding tert-OH is 1. The maximum atomic E-state index is 12.4. The second-order valence-corrected chi connectivity index (χ2v) is 12.4. The summed E-state index contributed by atoms with van der Waals surface area (Å²) in [6.45, 7) is 12.6. The molecule has 1 amide bonds. The fourth-order valence-electron chi connectivity index (χ4n) is 8.25. The van der Waals surface area contributed by atoms with Crippen molar-refractivity contribution < 1.29 is 14.7 Å². The number of likely N-dealkylation sites (N-methyl/N-ethyl adjacent to an activating group) is 1. The summed E-state index contributed by atoms with van der Waals surface area (Å²) in [4.78, 5) is 19.4. The lowest BCUT2D eigenvalue weighted by Gasteiger charge is -2.58. The third-order valence-electron chi connectivity index (χ3n) is 10.2. The number of oxime groups is 1. The Kier molecular flexibility index (Phi) is 7.50. The average Bonchev–Trinajstić information content (AvgIpc) is 3.14. The monoisotopic (exact) mass is 473 g/mol. The second-order valence-electron chi connectivity index (χ2n) is 12.4. The summed E-state index contributed by atoms with van der Waals surface area (Å²) in [5, 5.41) is 17.9. The van der Waals surface area contributed by atoms with Gasteiger partial charge in [-0.2, -0.15) is 0 Å². The third-order valence-corrected chi connectivity index (χ3v) is 10.2. The maximum absolute atomic E-state index is 12.4. The van der Waals surface area contributed by atoms with Gasteiger partial charge < -0.3 is 15.3 Å². The highest BCUT2D eigenvalue weighted by atomic mass is 16.7. The molecule has 0 bridgehead atoms. The second kappa shape index (κ2) is 9.93. The van der Waals surface area contributed by atoms with Crippen LogP contribution in [-0.2, 0) is 4.84 Å². The molecule has 4 aliphatic carbocycles. The normalized spacial score (nSPS) is 39.7. The van der Waals surface area contributed by atoms with Gasteiger partial charge in [0.1, 0.15) is 0 Å². The number of nitrogens with zero attached hydrogens (tertiary/aromatic N) is 2. The van der Waals surface area contributed by atoms with E-state index in [-0.39, 0.29) is 23.0 Å². The van der Waals surface area contributed by atoms with Gasteiger partial charge in [0.25, 0.3) is 0 Å². The Hall–Kier alpha value is -1.40. The fraction of sp³-hybridized carbons (Fsp3) is 0.857. The van der Waals surface area contributed by atoms with Crippen LogP contribution in [0.4, 0.5) is 4.79 Å². The number of carbonyl (C=O) groups excluding carboxylic acids is 1. The van der Waals surface area contributed by atoms with Crippen LogP contribution < -0.4 is 5.32 Å². The van der Waals surface area contributed by atoms with Gasteiger partial charge in [0, 0.05) is 32.1 Å². The first kappa shape index (κ1) is 25.7. The van der Waals surface area contributed by atoms with Gasteiger partial charge in [0.2, 0.25) is 0 Å². The molecule has 0 aromatic carbocycles. The Morgan fingerprint density at radius 3 is 2.71 bits per heavy atom. The van der Waals surface area contributed by atoms with E-state index in [0.29, 0.717) is 24.4 Å². The smallest absolute Gasteiger partial charge is 0.389 e. The van der Waals surface area contributed by atoms with Crippen molar-refractivity contribution in [3.8, 4) is 0 Å². The Labute approximate surface area is 206 Å². The van der Waals surface area contributed by atoms with Gasteiger partial charge in [-0.15, -0.1) is 0 Å². The van der Waals surface area contributed by atoms with E-state index in [9.17, 15) is 9.90 Å². The number of aliphatic hydroxyl groups is 1. The number of amides is 1. The Balaban J connectivity index is 1.40. The SMILES string of the molecule is C/C(=N\OC(=O)N(C)CCNC(C)C)[C@H]1CC[C@H]2[C@@H]3CCC4=C[C@@H](O)CC[C@]4(C)[C@H]3CC[C@]12C. The molecule has 6 heteroatoms. The van der Waals surface area contributed by atoms with Gasteiger partial charge in [0.15, 0.2) is 0 Å². The summed E-state index contributed by atoms with van der Waals surface area (Å²) >= 11 is 0. The molecule has 7 atom stereocenters. The van der Waals surface area contributed by atoms with E-state index in [0.717, 1.165) is 49.8 Å². The Morgan fingerprint density at radius 1 is 1.21 bits per heavy atom. The molecule has 192 valence electrons. The van der Waals surface area contributed by atoms with Crippen LogP contribution in [0.2, 0.25) is 0 Å². The van der Waals surface area contributed by atoms with E-state index in [1.165, 1.54) is 31.3 Å². The molecular weight excluding hydrogens is 426 g/mol. The Bertz CT molecular complexity index is 824. The van der Waals surface area contributed by atoms with Crippen molar-refractivity contribution in [1.82, 2.24) is 10.2 Å². The number of allylic oxidation sites excluding steroid dienone is 1. The van der Waals surface area contributed by atoms with E-state index in [4.69, 9.17) is 4.84 Å². The standard InChI is InChI=1S/C28H47N3O3/c1-18(2)29-15-16-31(6)26(33)34-30-19(3)23-9-10-24-22-8-7-20-17-21(32)11-13-27(20,4)25(22)12-14-28(23,24)5/h17-18,21-25,29,32H,7-16H2,1-6H3/b30-19+/t21-,22-,23+,24-,25-,27-,28+/m0/s1. The van der Waals surface area contributed by atoms with Gasteiger partial charge in [-0.05, 0) is 86.9 Å². The average molecular weight is 474 g/mol. The maximum Gasteiger partial charge on any atom is 0.435 e. The molecule has 4 aliphatic rings. The summed E-state index contributed by atoms with van der Waals surface area (Å²) in [5.74, 6) is 2.60. The minimum Gasteiger partial charge on any atom is -0.389 e. The van der Waals surface area contributed by atoms with Gasteiger partial charge in [0.05, 0.1) is 11.8 Å². The molecule has 0 aliphatic heterocycles. The first-order valence-corrected chi connectivity index (χ1v) is 13.7. The van der Waals surface area contributed by atoms with Crippen molar-refractivity contribution in [2.24, 2.45) is 39.7 Å². The van der Waals surface area contributed by atoms with Crippen molar-refractivity contribution in [2.75, 3.05) is 20.1 Å². The van der Waals surface area contributed by atoms with Crippen LogP contribution in [0.1, 0.15) is 86.0 Å². The molecule has 6 nitrogen and oxygen atoms in total. The molecular formula is C28H47N3O3. The first-order valence-electron chi connectivity index (χ1n) is 13.7. The zero-order chi connectivity index (χ0) is 24.7. The van der Waals surface area contributed by atoms with Crippen molar-refractivity contribution in [1.29, 1.82) is 0 Å². The summed E-state index contributed by atoms with van der Waals surface area (Å²) in [7, 11) is 1.76. The molecule has 3 saturated carbocycles. The van der Waals surface area contributed by atoms with Crippen LogP contribution in [-0.4, -0.2) is 54.1 Å². The van der Waals surface area contributed by atoms with Crippen molar-refractivity contribution in [3.05, 3.63) is 11.6 Å². The van der Waals surface area contributed by atoms with E-state index in [1.807, 2.05) is 0 Å². The van der Waals surface area contributed by atoms with Crippen LogP contribution in [0.5, 0.6) is 0 Å². The highest BCUT2D eigenvalue weighted by Gasteiger charge is 2.59. The summed E-state index contributed by atoms with van der Waals surface area (Å²) in [5.41, 5.74) is 3.02. The topological polar surface area (TPSA) is 74.2 Å².